The largest absolute Gasteiger partial charge is 0.464 e. The quantitative estimate of drug-likeness (QED) is 0.748. The molecule has 0 aromatic heterocycles. The highest BCUT2D eigenvalue weighted by Gasteiger charge is 2.25. The van der Waals surface area contributed by atoms with Crippen LogP contribution in [0.4, 0.5) is 9.18 Å². The molecule has 1 unspecified atom stereocenters. The Morgan fingerprint density at radius 3 is 2.31 bits per heavy atom. The number of esters is 1. The van der Waals surface area contributed by atoms with Gasteiger partial charge in [-0.2, -0.15) is 0 Å². The molecule has 0 fully saturated rings. The molecule has 0 heterocycles. The number of nitrogens with one attached hydrogen (secondary N) is 1. The van der Waals surface area contributed by atoms with Crippen LogP contribution in [0.25, 0.3) is 0 Å². The lowest BCUT2D eigenvalue weighted by atomic mass is 10.2. The van der Waals surface area contributed by atoms with Crippen molar-refractivity contribution in [1.82, 2.24) is 5.32 Å². The average Bonchev–Trinajstić information content (AvgIpc) is 2.11. The van der Waals surface area contributed by atoms with E-state index in [0.29, 0.717) is 0 Å². The Hall–Kier alpha value is -1.33. The summed E-state index contributed by atoms with van der Waals surface area (Å²) in [5.41, 5.74) is -0.695. The van der Waals surface area contributed by atoms with E-state index in [-0.39, 0.29) is 6.61 Å². The summed E-state index contributed by atoms with van der Waals surface area (Å²) >= 11 is 0. The standard InChI is InChI=1S/C10H18FNO4/c1-5-15-8(13)7(6-11)12-9(14)16-10(2,3)4/h7H,5-6H2,1-4H3,(H,12,14). The molecule has 0 aromatic rings. The Morgan fingerprint density at radius 2 is 1.94 bits per heavy atom. The molecule has 0 aliphatic rings. The van der Waals surface area contributed by atoms with E-state index in [4.69, 9.17) is 4.74 Å². The van der Waals surface area contributed by atoms with Gasteiger partial charge in [0.1, 0.15) is 12.3 Å². The Bertz CT molecular complexity index is 250. The van der Waals surface area contributed by atoms with Crippen LogP contribution in [0.5, 0.6) is 0 Å². The minimum absolute atomic E-state index is 0.130. The smallest absolute Gasteiger partial charge is 0.408 e. The molecule has 0 aromatic carbocycles. The van der Waals surface area contributed by atoms with Crippen LogP contribution in [-0.2, 0) is 14.3 Å². The first-order valence-corrected chi connectivity index (χ1v) is 5.02. The first-order valence-electron chi connectivity index (χ1n) is 5.02. The van der Waals surface area contributed by atoms with Crippen LogP contribution in [0.1, 0.15) is 27.7 Å². The third-order valence-electron chi connectivity index (χ3n) is 1.42. The van der Waals surface area contributed by atoms with Crippen LogP contribution in [0, 0.1) is 0 Å². The zero-order valence-corrected chi connectivity index (χ0v) is 10.0. The summed E-state index contributed by atoms with van der Waals surface area (Å²) in [7, 11) is 0. The fourth-order valence-corrected chi connectivity index (χ4v) is 0.853. The number of amides is 1. The van der Waals surface area contributed by atoms with Crippen molar-refractivity contribution in [3.8, 4) is 0 Å². The van der Waals surface area contributed by atoms with Crippen LogP contribution < -0.4 is 5.32 Å². The van der Waals surface area contributed by atoms with Crippen LogP contribution in [0.2, 0.25) is 0 Å². The van der Waals surface area contributed by atoms with Gasteiger partial charge < -0.3 is 14.8 Å². The van der Waals surface area contributed by atoms with Gasteiger partial charge in [-0.1, -0.05) is 0 Å². The Morgan fingerprint density at radius 1 is 1.38 bits per heavy atom. The number of ether oxygens (including phenoxy) is 2. The van der Waals surface area contributed by atoms with Crippen molar-refractivity contribution in [3.63, 3.8) is 0 Å². The van der Waals surface area contributed by atoms with Gasteiger partial charge in [-0.05, 0) is 27.7 Å². The number of rotatable bonds is 4. The number of hydrogen-bond donors (Lipinski definition) is 1. The van der Waals surface area contributed by atoms with E-state index in [1.807, 2.05) is 0 Å². The number of carbonyl (C=O) groups excluding carboxylic acids is 2. The van der Waals surface area contributed by atoms with Gasteiger partial charge in [0.2, 0.25) is 0 Å². The molecule has 0 saturated carbocycles. The lowest BCUT2D eigenvalue weighted by molar-refractivity contribution is -0.146. The summed E-state index contributed by atoms with van der Waals surface area (Å²) in [6, 6.07) is -1.31. The maximum Gasteiger partial charge on any atom is 0.408 e. The van der Waals surface area contributed by atoms with Gasteiger partial charge >= 0.3 is 12.1 Å². The summed E-state index contributed by atoms with van der Waals surface area (Å²) < 4.78 is 21.9. The maximum atomic E-state index is 12.5. The van der Waals surface area contributed by atoms with E-state index in [1.54, 1.807) is 27.7 Å². The molecule has 0 saturated heterocycles. The second-order valence-electron chi connectivity index (χ2n) is 4.11. The van der Waals surface area contributed by atoms with Gasteiger partial charge in [0.05, 0.1) is 6.61 Å². The molecule has 5 nitrogen and oxygen atoms in total. The molecular formula is C10H18FNO4. The molecular weight excluding hydrogens is 217 g/mol. The SMILES string of the molecule is CCOC(=O)C(CF)NC(=O)OC(C)(C)C. The van der Waals surface area contributed by atoms with E-state index in [2.05, 4.69) is 10.1 Å². The monoisotopic (exact) mass is 235 g/mol. The van der Waals surface area contributed by atoms with Crippen molar-refractivity contribution < 1.29 is 23.5 Å². The van der Waals surface area contributed by atoms with Crippen LogP contribution in [-0.4, -0.2) is 37.0 Å². The van der Waals surface area contributed by atoms with Crippen molar-refractivity contribution in [2.75, 3.05) is 13.3 Å². The third kappa shape index (κ3) is 6.21. The van der Waals surface area contributed by atoms with Crippen molar-refractivity contribution in [1.29, 1.82) is 0 Å². The molecule has 0 aliphatic carbocycles. The molecule has 0 bridgehead atoms. The predicted molar refractivity (Wildman–Crippen MR) is 55.8 cm³/mol. The maximum absolute atomic E-state index is 12.5. The van der Waals surface area contributed by atoms with Gasteiger partial charge in [-0.3, -0.25) is 0 Å². The molecule has 16 heavy (non-hydrogen) atoms. The van der Waals surface area contributed by atoms with E-state index >= 15 is 0 Å². The molecule has 1 N–H and O–H groups in total. The van der Waals surface area contributed by atoms with Crippen LogP contribution in [0.15, 0.2) is 0 Å². The number of alkyl halides is 1. The number of halogens is 1. The fraction of sp³-hybridized carbons (Fsp3) is 0.800. The number of alkyl carbamates (subject to hydrolysis) is 1. The normalized spacial score (nSPS) is 12.8. The van der Waals surface area contributed by atoms with Gasteiger partial charge in [0.25, 0.3) is 0 Å². The van der Waals surface area contributed by atoms with Gasteiger partial charge in [-0.25, -0.2) is 14.0 Å². The third-order valence-corrected chi connectivity index (χ3v) is 1.42. The van der Waals surface area contributed by atoms with Gasteiger partial charge in [0.15, 0.2) is 6.04 Å². The summed E-state index contributed by atoms with van der Waals surface area (Å²) in [5, 5.41) is 2.10. The summed E-state index contributed by atoms with van der Waals surface area (Å²) in [5.74, 6) is -0.809. The predicted octanol–water partition coefficient (Wildman–Crippen LogP) is 1.41. The lowest BCUT2D eigenvalue weighted by Gasteiger charge is -2.21. The molecule has 0 aliphatic heterocycles. The van der Waals surface area contributed by atoms with Crippen LogP contribution in [0.3, 0.4) is 0 Å². The zero-order chi connectivity index (χ0) is 12.8. The van der Waals surface area contributed by atoms with Gasteiger partial charge in [0, 0.05) is 0 Å². The van der Waals surface area contributed by atoms with E-state index in [1.165, 1.54) is 0 Å². The van der Waals surface area contributed by atoms with Crippen molar-refractivity contribution in [2.45, 2.75) is 39.3 Å². The number of hydrogen-bond acceptors (Lipinski definition) is 4. The first kappa shape index (κ1) is 14.7. The van der Waals surface area contributed by atoms with E-state index in [0.717, 1.165) is 0 Å². The molecule has 0 radical (unpaired) electrons. The Labute approximate surface area is 94.3 Å². The molecule has 0 spiro atoms. The van der Waals surface area contributed by atoms with E-state index < -0.39 is 30.4 Å². The molecule has 1 atom stereocenters. The minimum Gasteiger partial charge on any atom is -0.464 e. The minimum atomic E-state index is -1.31. The lowest BCUT2D eigenvalue weighted by Crippen LogP contribution is -2.45. The second kappa shape index (κ2) is 6.30. The van der Waals surface area contributed by atoms with E-state index in [9.17, 15) is 14.0 Å². The average molecular weight is 235 g/mol. The summed E-state index contributed by atoms with van der Waals surface area (Å²) in [6.07, 6.45) is -0.844. The topological polar surface area (TPSA) is 64.6 Å². The second-order valence-corrected chi connectivity index (χ2v) is 4.11. The fourth-order valence-electron chi connectivity index (χ4n) is 0.853. The van der Waals surface area contributed by atoms with Crippen molar-refractivity contribution in [2.24, 2.45) is 0 Å². The Kier molecular flexibility index (Phi) is 5.77. The molecule has 6 heteroatoms. The van der Waals surface area contributed by atoms with Crippen LogP contribution >= 0.6 is 0 Å². The summed E-state index contributed by atoms with van der Waals surface area (Å²) in [6.45, 7) is 5.70. The molecule has 0 rings (SSSR count). The van der Waals surface area contributed by atoms with Crippen molar-refractivity contribution in [3.05, 3.63) is 0 Å². The van der Waals surface area contributed by atoms with Crippen molar-refractivity contribution >= 4 is 12.1 Å². The summed E-state index contributed by atoms with van der Waals surface area (Å²) in [4.78, 5) is 22.4. The zero-order valence-electron chi connectivity index (χ0n) is 10.0. The highest BCUT2D eigenvalue weighted by molar-refractivity contribution is 5.81. The highest BCUT2D eigenvalue weighted by atomic mass is 19.1. The Balaban J connectivity index is 4.22. The highest BCUT2D eigenvalue weighted by Crippen LogP contribution is 2.07. The first-order chi connectivity index (χ1) is 7.30. The van der Waals surface area contributed by atoms with Gasteiger partial charge in [-0.15, -0.1) is 0 Å². The number of carbonyl (C=O) groups is 2. The molecule has 94 valence electrons. The molecule has 1 amide bonds.